The van der Waals surface area contributed by atoms with Crippen molar-refractivity contribution in [3.63, 3.8) is 0 Å². The molecule has 3 aromatic heterocycles. The first-order chi connectivity index (χ1) is 14.5. The first kappa shape index (κ1) is 19.0. The average Bonchev–Trinajstić information content (AvgIpc) is 3.12. The number of hydrogen-bond donors (Lipinski definition) is 2. The van der Waals surface area contributed by atoms with Crippen LogP contribution in [0.4, 0.5) is 14.6 Å². The maximum absolute atomic E-state index is 15.2. The van der Waals surface area contributed by atoms with E-state index in [2.05, 4.69) is 20.6 Å². The molecule has 0 aliphatic heterocycles. The normalized spacial score (nSPS) is 18.3. The molecule has 2 N–H and O–H groups in total. The number of nitrogens with one attached hydrogen (secondary N) is 2. The van der Waals surface area contributed by atoms with Crippen molar-refractivity contribution in [2.75, 3.05) is 11.6 Å². The van der Waals surface area contributed by atoms with Crippen LogP contribution in [0.15, 0.2) is 35.5 Å². The molecule has 1 aromatic carbocycles. The number of anilines is 1. The van der Waals surface area contributed by atoms with Gasteiger partial charge in [0.25, 0.3) is 0 Å². The van der Waals surface area contributed by atoms with Crippen molar-refractivity contribution in [3.8, 4) is 11.1 Å². The maximum Gasteiger partial charge on any atom is 0.231 e. The first-order valence-electron chi connectivity index (χ1n) is 9.68. The monoisotopic (exact) mass is 427 g/mol. The van der Waals surface area contributed by atoms with E-state index in [-0.39, 0.29) is 18.1 Å². The summed E-state index contributed by atoms with van der Waals surface area (Å²) >= 11 is 1.35. The zero-order chi connectivity index (χ0) is 21.0. The fourth-order valence-corrected chi connectivity index (χ4v) is 4.55. The van der Waals surface area contributed by atoms with Gasteiger partial charge in [-0.15, -0.1) is 11.8 Å². The van der Waals surface area contributed by atoms with Crippen molar-refractivity contribution < 1.29 is 13.6 Å². The lowest BCUT2D eigenvalue weighted by Crippen LogP contribution is -2.15. The van der Waals surface area contributed by atoms with Gasteiger partial charge in [-0.2, -0.15) is 10.2 Å². The van der Waals surface area contributed by atoms with Crippen LogP contribution in [0.25, 0.3) is 27.5 Å². The lowest BCUT2D eigenvalue weighted by Gasteiger charge is -2.14. The lowest BCUT2D eigenvalue weighted by atomic mass is 9.94. The number of hydrogen-bond acceptors (Lipinski definition) is 4. The van der Waals surface area contributed by atoms with Gasteiger partial charge < -0.3 is 5.32 Å². The number of rotatable bonds is 5. The third-order valence-electron chi connectivity index (χ3n) is 5.51. The first-order valence-corrected chi connectivity index (χ1v) is 10.9. The van der Waals surface area contributed by atoms with E-state index in [1.807, 2.05) is 25.3 Å². The Bertz CT molecular complexity index is 1300. The van der Waals surface area contributed by atoms with Crippen molar-refractivity contribution >= 4 is 39.9 Å². The molecule has 0 unspecified atom stereocenters. The number of halogens is 2. The Labute approximate surface area is 175 Å². The van der Waals surface area contributed by atoms with Gasteiger partial charge in [0.15, 0.2) is 5.82 Å². The van der Waals surface area contributed by atoms with Gasteiger partial charge in [-0.1, -0.05) is 6.92 Å². The zero-order valence-electron chi connectivity index (χ0n) is 16.4. The molecule has 1 aliphatic rings. The van der Waals surface area contributed by atoms with Crippen molar-refractivity contribution in [2.45, 2.75) is 30.8 Å². The number of aromatic amines is 1. The SMILES string of the molecule is CCc1c(F)c(SC)c2[nH]ncc2c1-c1ccn2nc(NC(=O)[C@@H]3C[C@@H]3F)cc2c1. The predicted octanol–water partition coefficient (Wildman–Crippen LogP) is 4.60. The summed E-state index contributed by atoms with van der Waals surface area (Å²) in [5, 5.41) is 14.9. The third-order valence-corrected chi connectivity index (χ3v) is 6.30. The van der Waals surface area contributed by atoms with E-state index in [0.29, 0.717) is 28.2 Å². The largest absolute Gasteiger partial charge is 0.309 e. The number of amides is 1. The number of carbonyl (C=O) groups is 1. The van der Waals surface area contributed by atoms with Crippen molar-refractivity contribution in [1.29, 1.82) is 0 Å². The molecule has 6 nitrogen and oxygen atoms in total. The van der Waals surface area contributed by atoms with Gasteiger partial charge in [-0.25, -0.2) is 13.3 Å². The van der Waals surface area contributed by atoms with Gasteiger partial charge in [0.1, 0.15) is 12.0 Å². The second kappa shape index (κ2) is 7.09. The van der Waals surface area contributed by atoms with Gasteiger partial charge in [-0.3, -0.25) is 9.89 Å². The van der Waals surface area contributed by atoms with Crippen LogP contribution in [0, 0.1) is 11.7 Å². The second-order valence-electron chi connectivity index (χ2n) is 7.37. The quantitative estimate of drug-likeness (QED) is 0.457. The fraction of sp³-hybridized carbons (Fsp3) is 0.286. The standard InChI is InChI=1S/C21H19F2N5OS/c1-3-12-17(14-9-24-26-19(14)20(30-2)18(12)23)10-4-5-28-11(6-10)7-16(27-28)25-21(29)13-8-15(13)22/h4-7,9,13,15H,3,8H2,1-2H3,(H,24,26)(H,25,27,29)/t13-,15+/m1/s1. The summed E-state index contributed by atoms with van der Waals surface area (Å²) in [5.41, 5.74) is 3.68. The van der Waals surface area contributed by atoms with Crippen LogP contribution in [-0.4, -0.2) is 38.1 Å². The Kier molecular flexibility index (Phi) is 4.50. The highest BCUT2D eigenvalue weighted by molar-refractivity contribution is 7.98. The molecule has 0 bridgehead atoms. The fourth-order valence-electron chi connectivity index (χ4n) is 3.89. The van der Waals surface area contributed by atoms with Crippen LogP contribution in [-0.2, 0) is 11.2 Å². The minimum atomic E-state index is -1.06. The number of H-pyrrole nitrogens is 1. The Hall–Kier alpha value is -2.94. The topological polar surface area (TPSA) is 75.1 Å². The summed E-state index contributed by atoms with van der Waals surface area (Å²) in [6, 6.07) is 5.49. The predicted molar refractivity (Wildman–Crippen MR) is 113 cm³/mol. The van der Waals surface area contributed by atoms with E-state index in [9.17, 15) is 9.18 Å². The molecule has 9 heteroatoms. The Morgan fingerprint density at radius 2 is 2.23 bits per heavy atom. The molecule has 0 saturated heterocycles. The molecule has 2 atom stereocenters. The highest BCUT2D eigenvalue weighted by Crippen LogP contribution is 2.40. The molecule has 4 aromatic rings. The van der Waals surface area contributed by atoms with E-state index in [1.54, 1.807) is 23.0 Å². The number of carbonyl (C=O) groups excluding carboxylic acids is 1. The van der Waals surface area contributed by atoms with E-state index >= 15 is 4.39 Å². The number of benzene rings is 1. The molecule has 1 fully saturated rings. The van der Waals surface area contributed by atoms with Gasteiger partial charge in [-0.05, 0) is 47.9 Å². The van der Waals surface area contributed by atoms with Gasteiger partial charge >= 0.3 is 0 Å². The van der Waals surface area contributed by atoms with E-state index in [1.165, 1.54) is 11.8 Å². The Morgan fingerprint density at radius 1 is 1.43 bits per heavy atom. The molecular weight excluding hydrogens is 408 g/mol. The lowest BCUT2D eigenvalue weighted by molar-refractivity contribution is -0.117. The minimum Gasteiger partial charge on any atom is -0.309 e. The molecule has 1 aliphatic carbocycles. The third kappa shape index (κ3) is 2.96. The summed E-state index contributed by atoms with van der Waals surface area (Å²) in [4.78, 5) is 12.6. The molecule has 1 saturated carbocycles. The van der Waals surface area contributed by atoms with Crippen molar-refractivity contribution in [3.05, 3.63) is 42.0 Å². The number of alkyl halides is 1. The molecular formula is C21H19F2N5OS. The van der Waals surface area contributed by atoms with E-state index < -0.39 is 12.1 Å². The van der Waals surface area contributed by atoms with Crippen molar-refractivity contribution in [2.24, 2.45) is 5.92 Å². The number of fused-ring (bicyclic) bond motifs is 2. The molecule has 0 spiro atoms. The highest BCUT2D eigenvalue weighted by Gasteiger charge is 2.43. The average molecular weight is 427 g/mol. The molecule has 30 heavy (non-hydrogen) atoms. The van der Waals surface area contributed by atoms with E-state index in [4.69, 9.17) is 0 Å². The highest BCUT2D eigenvalue weighted by atomic mass is 32.2. The summed E-state index contributed by atoms with van der Waals surface area (Å²) < 4.78 is 30.0. The molecule has 154 valence electrons. The number of pyridine rings is 1. The molecule has 0 radical (unpaired) electrons. The van der Waals surface area contributed by atoms with E-state index in [0.717, 1.165) is 22.0 Å². The summed E-state index contributed by atoms with van der Waals surface area (Å²) in [7, 11) is 0. The van der Waals surface area contributed by atoms with Gasteiger partial charge in [0.2, 0.25) is 5.91 Å². The van der Waals surface area contributed by atoms with Crippen molar-refractivity contribution in [1.82, 2.24) is 19.8 Å². The van der Waals surface area contributed by atoms with Crippen LogP contribution in [0.2, 0.25) is 0 Å². The van der Waals surface area contributed by atoms with Crippen LogP contribution in [0.3, 0.4) is 0 Å². The smallest absolute Gasteiger partial charge is 0.231 e. The van der Waals surface area contributed by atoms with Gasteiger partial charge in [0, 0.05) is 17.6 Å². The van der Waals surface area contributed by atoms with Crippen LogP contribution in [0.1, 0.15) is 18.9 Å². The number of thioether (sulfide) groups is 1. The molecule has 5 rings (SSSR count). The minimum absolute atomic E-state index is 0.233. The number of aromatic nitrogens is 4. The van der Waals surface area contributed by atoms with Crippen LogP contribution >= 0.6 is 11.8 Å². The van der Waals surface area contributed by atoms with Gasteiger partial charge in [0.05, 0.1) is 28.0 Å². The summed E-state index contributed by atoms with van der Waals surface area (Å²) in [5.74, 6) is -0.799. The zero-order valence-corrected chi connectivity index (χ0v) is 17.2. The molecule has 1 amide bonds. The van der Waals surface area contributed by atoms with Crippen LogP contribution < -0.4 is 5.32 Å². The van der Waals surface area contributed by atoms with Crippen LogP contribution in [0.5, 0.6) is 0 Å². The Balaban J connectivity index is 1.60. The molecule has 3 heterocycles. The second-order valence-corrected chi connectivity index (χ2v) is 8.19. The summed E-state index contributed by atoms with van der Waals surface area (Å²) in [6.07, 6.45) is 5.07. The number of nitrogens with zero attached hydrogens (tertiary/aromatic N) is 3. The Morgan fingerprint density at radius 3 is 2.93 bits per heavy atom. The summed E-state index contributed by atoms with van der Waals surface area (Å²) in [6.45, 7) is 1.93. The maximum atomic E-state index is 15.2.